The van der Waals surface area contributed by atoms with E-state index in [2.05, 4.69) is 4.72 Å². The zero-order valence-electron chi connectivity index (χ0n) is 17.5. The summed E-state index contributed by atoms with van der Waals surface area (Å²) in [5, 5.41) is 9.61. The number of carbonyl (C=O) groups excluding carboxylic acids is 1. The molecule has 3 aromatic carbocycles. The van der Waals surface area contributed by atoms with Gasteiger partial charge in [-0.05, 0) is 79.1 Å². The average Bonchev–Trinajstić information content (AvgIpc) is 2.79. The Balaban J connectivity index is 1.44. The Labute approximate surface area is 190 Å². The van der Waals surface area contributed by atoms with Gasteiger partial charge in [0.2, 0.25) is 15.9 Å². The summed E-state index contributed by atoms with van der Waals surface area (Å²) in [6.45, 7) is 0.113. The van der Waals surface area contributed by atoms with Crippen LogP contribution in [0.15, 0.2) is 77.7 Å². The van der Waals surface area contributed by atoms with Crippen LogP contribution in [0.5, 0.6) is 5.75 Å². The Morgan fingerprint density at radius 3 is 2.06 bits per heavy atom. The van der Waals surface area contributed by atoms with Gasteiger partial charge in [-0.3, -0.25) is 4.79 Å². The Hall–Kier alpha value is -3.30. The minimum absolute atomic E-state index is 0.0342. The Morgan fingerprint density at radius 1 is 0.879 bits per heavy atom. The predicted octanol–water partition coefficient (Wildman–Crippen LogP) is 4.13. The number of phenolic OH excluding ortho intramolecular Hbond substituents is 1. The number of nitrogens with one attached hydrogen (secondary N) is 1. The number of aromatic hydroxyl groups is 1. The van der Waals surface area contributed by atoms with Crippen LogP contribution in [0.25, 0.3) is 0 Å². The zero-order valence-corrected chi connectivity index (χ0v) is 18.3. The number of carbonyl (C=O) groups is 1. The molecule has 9 heteroatoms. The molecule has 1 amide bonds. The molecular weight excluding hydrogens is 450 g/mol. The molecule has 4 rings (SSSR count). The molecule has 2 atom stereocenters. The number of anilines is 1. The number of amides is 1. The van der Waals surface area contributed by atoms with Crippen LogP contribution in [0.2, 0.25) is 0 Å². The smallest absolute Gasteiger partial charge is 0.240 e. The molecular formula is C24H22F2N2O4S. The van der Waals surface area contributed by atoms with Crippen molar-refractivity contribution in [2.75, 3.05) is 11.4 Å². The number of sulfonamides is 1. The van der Waals surface area contributed by atoms with Crippen molar-refractivity contribution in [2.24, 2.45) is 5.92 Å². The Kier molecular flexibility index (Phi) is 6.44. The van der Waals surface area contributed by atoms with E-state index in [0.717, 1.165) is 17.7 Å². The van der Waals surface area contributed by atoms with E-state index in [9.17, 15) is 27.1 Å². The summed E-state index contributed by atoms with van der Waals surface area (Å²) in [5.74, 6) is -1.36. The fourth-order valence-corrected chi connectivity index (χ4v) is 5.07. The second-order valence-corrected chi connectivity index (χ2v) is 9.59. The SMILES string of the molecule is O=C1[C@H](CCCNS(=O)(=O)c2ccc(F)cc2)[C@@H](c2ccc(O)cc2)N1c1ccc(F)cc1. The highest BCUT2D eigenvalue weighted by molar-refractivity contribution is 7.89. The molecule has 0 spiro atoms. The van der Waals surface area contributed by atoms with Gasteiger partial charge in [-0.25, -0.2) is 21.9 Å². The molecule has 1 fully saturated rings. The highest BCUT2D eigenvalue weighted by Crippen LogP contribution is 2.45. The predicted molar refractivity (Wildman–Crippen MR) is 119 cm³/mol. The van der Waals surface area contributed by atoms with Gasteiger partial charge in [0, 0.05) is 12.2 Å². The van der Waals surface area contributed by atoms with Gasteiger partial charge >= 0.3 is 0 Å². The van der Waals surface area contributed by atoms with E-state index in [0.29, 0.717) is 18.5 Å². The number of hydrogen-bond acceptors (Lipinski definition) is 4. The molecule has 0 saturated carbocycles. The van der Waals surface area contributed by atoms with Crippen LogP contribution in [0, 0.1) is 17.6 Å². The number of halogens is 2. The fourth-order valence-electron chi connectivity index (χ4n) is 4.00. The second-order valence-electron chi connectivity index (χ2n) is 7.82. The molecule has 0 unspecified atom stereocenters. The van der Waals surface area contributed by atoms with Crippen molar-refractivity contribution in [3.63, 3.8) is 0 Å². The summed E-state index contributed by atoms with van der Waals surface area (Å²) in [5.41, 5.74) is 1.38. The molecule has 1 saturated heterocycles. The van der Waals surface area contributed by atoms with E-state index in [1.807, 2.05) is 0 Å². The molecule has 0 bridgehead atoms. The number of hydrogen-bond donors (Lipinski definition) is 2. The summed E-state index contributed by atoms with van der Waals surface area (Å²) in [4.78, 5) is 14.5. The first-order valence-electron chi connectivity index (χ1n) is 10.4. The lowest BCUT2D eigenvalue weighted by molar-refractivity contribution is -0.130. The van der Waals surface area contributed by atoms with Crippen molar-refractivity contribution in [1.82, 2.24) is 4.72 Å². The van der Waals surface area contributed by atoms with Gasteiger partial charge in [-0.2, -0.15) is 0 Å². The van der Waals surface area contributed by atoms with Crippen LogP contribution < -0.4 is 9.62 Å². The van der Waals surface area contributed by atoms with Gasteiger partial charge < -0.3 is 10.0 Å². The van der Waals surface area contributed by atoms with Gasteiger partial charge in [0.15, 0.2) is 0 Å². The molecule has 1 heterocycles. The van der Waals surface area contributed by atoms with Gasteiger partial charge in [0.25, 0.3) is 0 Å². The second kappa shape index (κ2) is 9.29. The number of β-lactam (4-membered cyclic amide) rings is 1. The normalized spacial score (nSPS) is 18.2. The highest BCUT2D eigenvalue weighted by atomic mass is 32.2. The first kappa shape index (κ1) is 22.9. The van der Waals surface area contributed by atoms with Crippen molar-refractivity contribution in [1.29, 1.82) is 0 Å². The van der Waals surface area contributed by atoms with Crippen LogP contribution in [-0.4, -0.2) is 26.0 Å². The van der Waals surface area contributed by atoms with Crippen LogP contribution >= 0.6 is 0 Å². The molecule has 1 aliphatic heterocycles. The number of benzene rings is 3. The molecule has 0 radical (unpaired) electrons. The Morgan fingerprint density at radius 2 is 1.45 bits per heavy atom. The number of nitrogens with zero attached hydrogens (tertiary/aromatic N) is 1. The van der Waals surface area contributed by atoms with Crippen LogP contribution in [0.4, 0.5) is 14.5 Å². The van der Waals surface area contributed by atoms with Crippen molar-refractivity contribution in [2.45, 2.75) is 23.8 Å². The molecule has 6 nitrogen and oxygen atoms in total. The topological polar surface area (TPSA) is 86.7 Å². The maximum atomic E-state index is 13.3. The Bertz CT molecular complexity index is 1230. The summed E-state index contributed by atoms with van der Waals surface area (Å²) in [6, 6.07) is 16.4. The lowest BCUT2D eigenvalue weighted by Gasteiger charge is -2.47. The molecule has 0 aliphatic carbocycles. The third-order valence-corrected chi connectivity index (χ3v) is 7.14. The van der Waals surface area contributed by atoms with Gasteiger partial charge in [0.1, 0.15) is 17.4 Å². The van der Waals surface area contributed by atoms with E-state index in [1.165, 1.54) is 48.5 Å². The maximum absolute atomic E-state index is 13.3. The summed E-state index contributed by atoms with van der Waals surface area (Å²) in [7, 11) is -3.78. The van der Waals surface area contributed by atoms with Crippen molar-refractivity contribution in [3.05, 3.63) is 90.0 Å². The van der Waals surface area contributed by atoms with Crippen LogP contribution in [0.3, 0.4) is 0 Å². The first-order valence-corrected chi connectivity index (χ1v) is 11.9. The van der Waals surface area contributed by atoms with E-state index < -0.39 is 27.6 Å². The van der Waals surface area contributed by atoms with E-state index in [1.54, 1.807) is 17.0 Å². The van der Waals surface area contributed by atoms with E-state index in [-0.39, 0.29) is 29.1 Å². The number of rotatable bonds is 8. The summed E-state index contributed by atoms with van der Waals surface area (Å²) >= 11 is 0. The third kappa shape index (κ3) is 4.89. The van der Waals surface area contributed by atoms with Crippen molar-refractivity contribution >= 4 is 21.6 Å². The molecule has 172 valence electrons. The highest BCUT2D eigenvalue weighted by Gasteiger charge is 2.48. The molecule has 3 aromatic rings. The van der Waals surface area contributed by atoms with Crippen LogP contribution in [-0.2, 0) is 14.8 Å². The van der Waals surface area contributed by atoms with Gasteiger partial charge in [-0.15, -0.1) is 0 Å². The maximum Gasteiger partial charge on any atom is 0.240 e. The monoisotopic (exact) mass is 472 g/mol. The first-order chi connectivity index (χ1) is 15.8. The zero-order chi connectivity index (χ0) is 23.6. The van der Waals surface area contributed by atoms with E-state index >= 15 is 0 Å². The van der Waals surface area contributed by atoms with Crippen molar-refractivity contribution < 1.29 is 27.1 Å². The van der Waals surface area contributed by atoms with Gasteiger partial charge in [-0.1, -0.05) is 12.1 Å². The minimum Gasteiger partial charge on any atom is -0.508 e. The quantitative estimate of drug-likeness (QED) is 0.381. The average molecular weight is 473 g/mol. The number of phenols is 1. The molecule has 1 aliphatic rings. The fraction of sp³-hybridized carbons (Fsp3) is 0.208. The largest absolute Gasteiger partial charge is 0.508 e. The summed E-state index contributed by atoms with van der Waals surface area (Å²) < 4.78 is 53.6. The standard InChI is InChI=1S/C24H22F2N2O4S/c25-17-5-9-19(10-6-17)28-23(16-3-11-20(29)12-4-16)22(24(28)30)2-1-15-27-33(31,32)21-13-7-18(26)8-14-21/h3-14,22-23,27,29H,1-2,15H2/t22-,23-/m1/s1. The van der Waals surface area contributed by atoms with Crippen molar-refractivity contribution in [3.8, 4) is 5.75 Å². The third-order valence-electron chi connectivity index (χ3n) is 5.66. The molecule has 0 aromatic heterocycles. The minimum atomic E-state index is -3.78. The molecule has 2 N–H and O–H groups in total. The summed E-state index contributed by atoms with van der Waals surface area (Å²) in [6.07, 6.45) is 0.830. The lowest BCUT2D eigenvalue weighted by Crippen LogP contribution is -2.55. The lowest BCUT2D eigenvalue weighted by atomic mass is 9.79. The molecule has 33 heavy (non-hydrogen) atoms. The van der Waals surface area contributed by atoms with Gasteiger partial charge in [0.05, 0.1) is 16.9 Å². The van der Waals surface area contributed by atoms with E-state index in [4.69, 9.17) is 0 Å². The van der Waals surface area contributed by atoms with Crippen LogP contribution in [0.1, 0.15) is 24.4 Å².